The van der Waals surface area contributed by atoms with Crippen LogP contribution in [0.5, 0.6) is 0 Å². The second kappa shape index (κ2) is 7.50. The normalized spacial score (nSPS) is 11.7. The number of hydrogen-bond acceptors (Lipinski definition) is 3. The minimum absolute atomic E-state index is 0.169. The van der Waals surface area contributed by atoms with Crippen molar-refractivity contribution in [2.75, 3.05) is 18.9 Å². The van der Waals surface area contributed by atoms with Crippen LogP contribution >= 0.6 is 0 Å². The van der Waals surface area contributed by atoms with Crippen LogP contribution in [0, 0.1) is 13.8 Å². The van der Waals surface area contributed by atoms with Crippen molar-refractivity contribution in [3.05, 3.63) is 71.8 Å². The van der Waals surface area contributed by atoms with Crippen molar-refractivity contribution in [3.8, 4) is 0 Å². The molecule has 0 radical (unpaired) electrons. The second-order valence-electron chi connectivity index (χ2n) is 6.62. The van der Waals surface area contributed by atoms with Crippen LogP contribution in [0.3, 0.4) is 0 Å². The van der Waals surface area contributed by atoms with Crippen molar-refractivity contribution >= 4 is 32.4 Å². The molecule has 3 rings (SSSR count). The highest BCUT2D eigenvalue weighted by molar-refractivity contribution is 7.89. The van der Waals surface area contributed by atoms with Crippen molar-refractivity contribution in [1.82, 2.24) is 4.31 Å². The molecule has 0 aliphatic rings. The van der Waals surface area contributed by atoms with E-state index in [1.165, 1.54) is 7.05 Å². The highest BCUT2D eigenvalue weighted by atomic mass is 32.2. The Labute approximate surface area is 159 Å². The van der Waals surface area contributed by atoms with Crippen molar-refractivity contribution < 1.29 is 13.2 Å². The summed E-state index contributed by atoms with van der Waals surface area (Å²) in [7, 11) is -2.35. The van der Waals surface area contributed by atoms with Crippen molar-refractivity contribution in [1.29, 1.82) is 0 Å². The first kappa shape index (κ1) is 19.1. The van der Waals surface area contributed by atoms with Crippen LogP contribution in [0.15, 0.2) is 65.6 Å². The van der Waals surface area contributed by atoms with Crippen LogP contribution < -0.4 is 5.32 Å². The molecule has 0 saturated heterocycles. The molecule has 27 heavy (non-hydrogen) atoms. The Bertz CT molecular complexity index is 1110. The summed E-state index contributed by atoms with van der Waals surface area (Å²) in [6.07, 6.45) is 0. The molecular formula is C21H22N2O3S. The standard InChI is InChI=1S/C21H22N2O3S/c1-15-8-10-19(12-16(15)2)22-21(24)14-23(3)27(25,26)20-11-9-17-6-4-5-7-18(17)13-20/h4-13H,14H2,1-3H3,(H,22,24). The van der Waals surface area contributed by atoms with E-state index in [1.807, 2.05) is 50.2 Å². The van der Waals surface area contributed by atoms with Crippen LogP contribution in [-0.2, 0) is 14.8 Å². The lowest BCUT2D eigenvalue weighted by Gasteiger charge is -2.17. The van der Waals surface area contributed by atoms with Gasteiger partial charge in [0.2, 0.25) is 15.9 Å². The van der Waals surface area contributed by atoms with Gasteiger partial charge in [-0.05, 0) is 60.0 Å². The summed E-state index contributed by atoms with van der Waals surface area (Å²) in [4.78, 5) is 12.5. The Kier molecular flexibility index (Phi) is 5.30. The van der Waals surface area contributed by atoms with E-state index in [1.54, 1.807) is 24.3 Å². The smallest absolute Gasteiger partial charge is 0.243 e. The third-order valence-corrected chi connectivity index (χ3v) is 6.39. The maximum Gasteiger partial charge on any atom is 0.243 e. The number of carbonyl (C=O) groups excluding carboxylic acids is 1. The number of benzene rings is 3. The number of rotatable bonds is 5. The van der Waals surface area contributed by atoms with Gasteiger partial charge in [-0.3, -0.25) is 4.79 Å². The zero-order chi connectivity index (χ0) is 19.6. The molecule has 0 saturated carbocycles. The first-order valence-corrected chi connectivity index (χ1v) is 10.0. The summed E-state index contributed by atoms with van der Waals surface area (Å²) in [6.45, 7) is 3.69. The van der Waals surface area contributed by atoms with Gasteiger partial charge in [0.15, 0.2) is 0 Å². The van der Waals surface area contributed by atoms with E-state index in [0.717, 1.165) is 26.2 Å². The molecular weight excluding hydrogens is 360 g/mol. The Hall–Kier alpha value is -2.70. The number of likely N-dealkylation sites (N-methyl/N-ethyl adjacent to an activating group) is 1. The summed E-state index contributed by atoms with van der Waals surface area (Å²) >= 11 is 0. The highest BCUT2D eigenvalue weighted by Crippen LogP contribution is 2.21. The van der Waals surface area contributed by atoms with Gasteiger partial charge < -0.3 is 5.32 Å². The van der Waals surface area contributed by atoms with E-state index < -0.39 is 10.0 Å². The average Bonchev–Trinajstić information content (AvgIpc) is 2.64. The Balaban J connectivity index is 1.75. The van der Waals surface area contributed by atoms with Gasteiger partial charge in [-0.2, -0.15) is 4.31 Å². The average molecular weight is 382 g/mol. The van der Waals surface area contributed by atoms with Crippen LogP contribution in [0.4, 0.5) is 5.69 Å². The number of hydrogen-bond donors (Lipinski definition) is 1. The van der Waals surface area contributed by atoms with Gasteiger partial charge in [0, 0.05) is 12.7 Å². The second-order valence-corrected chi connectivity index (χ2v) is 8.66. The van der Waals surface area contributed by atoms with Crippen LogP contribution in [-0.4, -0.2) is 32.2 Å². The van der Waals surface area contributed by atoms with E-state index in [2.05, 4.69) is 5.32 Å². The zero-order valence-corrected chi connectivity index (χ0v) is 16.4. The van der Waals surface area contributed by atoms with Gasteiger partial charge in [0.25, 0.3) is 0 Å². The number of nitrogens with zero attached hydrogens (tertiary/aromatic N) is 1. The van der Waals surface area contributed by atoms with E-state index in [9.17, 15) is 13.2 Å². The number of fused-ring (bicyclic) bond motifs is 1. The fraction of sp³-hybridized carbons (Fsp3) is 0.190. The van der Waals surface area contributed by atoms with E-state index in [-0.39, 0.29) is 17.3 Å². The number of nitrogens with one attached hydrogen (secondary N) is 1. The molecule has 140 valence electrons. The predicted octanol–water partition coefficient (Wildman–Crippen LogP) is 3.72. The molecule has 0 unspecified atom stereocenters. The summed E-state index contributed by atoms with van der Waals surface area (Å²) in [6, 6.07) is 18.1. The zero-order valence-electron chi connectivity index (χ0n) is 15.6. The number of anilines is 1. The number of aryl methyl sites for hydroxylation is 2. The molecule has 0 atom stereocenters. The van der Waals surface area contributed by atoms with Crippen molar-refractivity contribution in [2.45, 2.75) is 18.7 Å². The molecule has 0 heterocycles. The van der Waals surface area contributed by atoms with E-state index in [0.29, 0.717) is 5.69 Å². The first-order valence-electron chi connectivity index (χ1n) is 8.59. The van der Waals surface area contributed by atoms with Crippen molar-refractivity contribution in [2.24, 2.45) is 0 Å². The fourth-order valence-electron chi connectivity index (χ4n) is 2.81. The molecule has 1 amide bonds. The minimum atomic E-state index is -3.76. The van der Waals surface area contributed by atoms with Gasteiger partial charge in [-0.25, -0.2) is 8.42 Å². The maximum atomic E-state index is 12.8. The predicted molar refractivity (Wildman–Crippen MR) is 108 cm³/mol. The van der Waals surface area contributed by atoms with Gasteiger partial charge in [-0.15, -0.1) is 0 Å². The molecule has 0 spiro atoms. The molecule has 5 nitrogen and oxygen atoms in total. The Morgan fingerprint density at radius 2 is 1.63 bits per heavy atom. The third kappa shape index (κ3) is 4.18. The first-order chi connectivity index (χ1) is 12.8. The molecule has 6 heteroatoms. The highest BCUT2D eigenvalue weighted by Gasteiger charge is 2.23. The number of sulfonamides is 1. The van der Waals surface area contributed by atoms with Gasteiger partial charge in [-0.1, -0.05) is 36.4 Å². The summed E-state index contributed by atoms with van der Waals surface area (Å²) in [5, 5.41) is 4.55. The maximum absolute atomic E-state index is 12.8. The van der Waals surface area contributed by atoms with Crippen LogP contribution in [0.1, 0.15) is 11.1 Å². The molecule has 0 aromatic heterocycles. The number of amides is 1. The lowest BCUT2D eigenvalue weighted by Crippen LogP contribution is -2.35. The largest absolute Gasteiger partial charge is 0.325 e. The summed E-state index contributed by atoms with van der Waals surface area (Å²) in [5.41, 5.74) is 2.84. The van der Waals surface area contributed by atoms with Crippen molar-refractivity contribution in [3.63, 3.8) is 0 Å². The summed E-state index contributed by atoms with van der Waals surface area (Å²) < 4.78 is 26.7. The van der Waals surface area contributed by atoms with Gasteiger partial charge >= 0.3 is 0 Å². The van der Waals surface area contributed by atoms with Gasteiger partial charge in [0.05, 0.1) is 11.4 Å². The Morgan fingerprint density at radius 3 is 2.33 bits per heavy atom. The summed E-state index contributed by atoms with van der Waals surface area (Å²) in [5.74, 6) is -0.384. The van der Waals surface area contributed by atoms with Crippen LogP contribution in [0.25, 0.3) is 10.8 Å². The lowest BCUT2D eigenvalue weighted by molar-refractivity contribution is -0.116. The lowest BCUT2D eigenvalue weighted by atomic mass is 10.1. The SMILES string of the molecule is Cc1ccc(NC(=O)CN(C)S(=O)(=O)c2ccc3ccccc3c2)cc1C. The quantitative estimate of drug-likeness (QED) is 0.731. The molecule has 0 fully saturated rings. The van der Waals surface area contributed by atoms with Gasteiger partial charge in [0.1, 0.15) is 0 Å². The van der Waals surface area contributed by atoms with E-state index in [4.69, 9.17) is 0 Å². The molecule has 1 N–H and O–H groups in total. The molecule has 3 aromatic rings. The fourth-order valence-corrected chi connectivity index (χ4v) is 3.98. The molecule has 3 aromatic carbocycles. The minimum Gasteiger partial charge on any atom is -0.325 e. The monoisotopic (exact) mass is 382 g/mol. The number of carbonyl (C=O) groups is 1. The van der Waals surface area contributed by atoms with Crippen LogP contribution in [0.2, 0.25) is 0 Å². The topological polar surface area (TPSA) is 66.5 Å². The molecule has 0 bridgehead atoms. The third-order valence-electron chi connectivity index (χ3n) is 4.59. The molecule has 0 aliphatic carbocycles. The Morgan fingerprint density at radius 1 is 0.926 bits per heavy atom. The molecule has 0 aliphatic heterocycles. The van der Waals surface area contributed by atoms with E-state index >= 15 is 0 Å².